The first-order valence-corrected chi connectivity index (χ1v) is 10.0. The fraction of sp³-hybridized carbons (Fsp3) is 0.208. The van der Waals surface area contributed by atoms with Crippen LogP contribution in [0.3, 0.4) is 0 Å². The van der Waals surface area contributed by atoms with Crippen molar-refractivity contribution < 1.29 is 4.74 Å². The number of hydrogen-bond donors (Lipinski definition) is 2. The quantitative estimate of drug-likeness (QED) is 0.548. The summed E-state index contributed by atoms with van der Waals surface area (Å²) in [5.74, 6) is 0.784. The number of aromatic nitrogens is 2. The molecule has 2 aromatic carbocycles. The molecule has 30 heavy (non-hydrogen) atoms. The van der Waals surface area contributed by atoms with Crippen LogP contribution in [0.5, 0.6) is 5.75 Å². The Hall–Kier alpha value is -3.67. The summed E-state index contributed by atoms with van der Waals surface area (Å²) in [6, 6.07) is 17.4. The second-order valence-corrected chi connectivity index (χ2v) is 7.45. The Morgan fingerprint density at radius 3 is 2.73 bits per heavy atom. The standard InChI is InChI=1S/C24H24N4O2/c1-17-6-5-9-20(14-17)28-15-22(30-16-18-10-11-18)24(29)23(27-28)21(12-13-25)26-19-7-3-2-4-8-19/h2-9,12-15,18,25-26H,10-11,16H2,1H3/b21-12-,25-13?. The zero-order valence-electron chi connectivity index (χ0n) is 16.8. The van der Waals surface area contributed by atoms with Gasteiger partial charge >= 0.3 is 0 Å². The van der Waals surface area contributed by atoms with Gasteiger partial charge < -0.3 is 15.5 Å². The van der Waals surface area contributed by atoms with Crippen LogP contribution in [-0.2, 0) is 0 Å². The van der Waals surface area contributed by atoms with Gasteiger partial charge in [-0.1, -0.05) is 30.3 Å². The summed E-state index contributed by atoms with van der Waals surface area (Å²) in [6.45, 7) is 2.54. The van der Waals surface area contributed by atoms with E-state index in [1.54, 1.807) is 10.9 Å². The lowest BCUT2D eigenvalue weighted by atomic mass is 10.2. The summed E-state index contributed by atoms with van der Waals surface area (Å²) >= 11 is 0. The van der Waals surface area contributed by atoms with Crippen molar-refractivity contribution in [1.82, 2.24) is 9.78 Å². The lowest BCUT2D eigenvalue weighted by Gasteiger charge is -2.15. The molecule has 4 rings (SSSR count). The third-order valence-corrected chi connectivity index (χ3v) is 4.88. The molecule has 3 aromatic rings. The molecule has 1 saturated carbocycles. The van der Waals surface area contributed by atoms with E-state index in [0.717, 1.165) is 36.0 Å². The van der Waals surface area contributed by atoms with Gasteiger partial charge in [-0.2, -0.15) is 5.10 Å². The smallest absolute Gasteiger partial charge is 0.251 e. The molecule has 0 bridgehead atoms. The molecule has 1 aliphatic carbocycles. The van der Waals surface area contributed by atoms with E-state index in [0.29, 0.717) is 18.2 Å². The van der Waals surface area contributed by atoms with E-state index in [9.17, 15) is 4.79 Å². The van der Waals surface area contributed by atoms with E-state index in [1.165, 1.54) is 6.08 Å². The van der Waals surface area contributed by atoms with Crippen molar-refractivity contribution in [1.29, 1.82) is 5.41 Å². The topological polar surface area (TPSA) is 80.0 Å². The summed E-state index contributed by atoms with van der Waals surface area (Å²) < 4.78 is 7.55. The van der Waals surface area contributed by atoms with Crippen molar-refractivity contribution in [2.75, 3.05) is 11.9 Å². The maximum atomic E-state index is 13.2. The monoisotopic (exact) mass is 400 g/mol. The van der Waals surface area contributed by atoms with Gasteiger partial charge in [0, 0.05) is 11.9 Å². The van der Waals surface area contributed by atoms with E-state index >= 15 is 0 Å². The fourth-order valence-corrected chi connectivity index (χ4v) is 3.08. The predicted octanol–water partition coefficient (Wildman–Crippen LogP) is 4.43. The number of para-hydroxylation sites is 1. The Kier molecular flexibility index (Phi) is 5.75. The molecule has 0 atom stereocenters. The number of allylic oxidation sites excluding steroid dienone is 1. The fourth-order valence-electron chi connectivity index (χ4n) is 3.08. The summed E-state index contributed by atoms with van der Waals surface area (Å²) in [7, 11) is 0. The Bertz CT molecular complexity index is 1130. The number of aryl methyl sites for hydroxylation is 1. The maximum Gasteiger partial charge on any atom is 0.251 e. The van der Waals surface area contributed by atoms with Gasteiger partial charge in [0.25, 0.3) is 5.43 Å². The van der Waals surface area contributed by atoms with Crippen LogP contribution < -0.4 is 15.5 Å². The number of hydrogen-bond acceptors (Lipinski definition) is 5. The highest BCUT2D eigenvalue weighted by atomic mass is 16.5. The Morgan fingerprint density at radius 1 is 1.23 bits per heavy atom. The van der Waals surface area contributed by atoms with E-state index in [4.69, 9.17) is 10.1 Å². The van der Waals surface area contributed by atoms with Gasteiger partial charge in [0.2, 0.25) is 0 Å². The number of rotatable bonds is 8. The molecule has 1 aromatic heterocycles. The van der Waals surface area contributed by atoms with Crippen molar-refractivity contribution in [3.05, 3.63) is 88.4 Å². The van der Waals surface area contributed by atoms with Crippen molar-refractivity contribution in [2.24, 2.45) is 5.92 Å². The summed E-state index contributed by atoms with van der Waals surface area (Å²) in [5.41, 5.74) is 3.08. The first kappa shape index (κ1) is 19.6. The molecule has 0 aliphatic heterocycles. The number of ether oxygens (including phenoxy) is 1. The van der Waals surface area contributed by atoms with Crippen molar-refractivity contribution in [2.45, 2.75) is 19.8 Å². The average Bonchev–Trinajstić information content (AvgIpc) is 3.58. The molecule has 1 fully saturated rings. The molecule has 1 aliphatic rings. The molecule has 1 heterocycles. The number of nitrogens with one attached hydrogen (secondary N) is 2. The van der Waals surface area contributed by atoms with Crippen LogP contribution >= 0.6 is 0 Å². The van der Waals surface area contributed by atoms with Crippen LogP contribution in [0, 0.1) is 18.3 Å². The summed E-state index contributed by atoms with van der Waals surface area (Å²) in [4.78, 5) is 13.2. The molecular weight excluding hydrogens is 376 g/mol. The van der Waals surface area contributed by atoms with E-state index in [1.807, 2.05) is 61.5 Å². The highest BCUT2D eigenvalue weighted by Gasteiger charge is 2.23. The average molecular weight is 400 g/mol. The third-order valence-electron chi connectivity index (χ3n) is 4.88. The molecule has 0 spiro atoms. The molecular formula is C24H24N4O2. The third kappa shape index (κ3) is 4.66. The highest BCUT2D eigenvalue weighted by molar-refractivity contribution is 5.87. The normalized spacial score (nSPS) is 13.7. The van der Waals surface area contributed by atoms with Crippen LogP contribution in [0.4, 0.5) is 5.69 Å². The zero-order chi connectivity index (χ0) is 20.9. The van der Waals surface area contributed by atoms with Crippen LogP contribution in [0.15, 0.2) is 71.7 Å². The molecule has 0 radical (unpaired) electrons. The molecule has 2 N–H and O–H groups in total. The molecule has 152 valence electrons. The maximum absolute atomic E-state index is 13.2. The van der Waals surface area contributed by atoms with Gasteiger partial charge in [-0.3, -0.25) is 4.79 Å². The van der Waals surface area contributed by atoms with Gasteiger partial charge in [0.15, 0.2) is 11.4 Å². The largest absolute Gasteiger partial charge is 0.488 e. The van der Waals surface area contributed by atoms with Crippen LogP contribution in [0.2, 0.25) is 0 Å². The highest BCUT2D eigenvalue weighted by Crippen LogP contribution is 2.29. The van der Waals surface area contributed by atoms with E-state index < -0.39 is 0 Å². The first-order chi connectivity index (χ1) is 14.6. The summed E-state index contributed by atoms with van der Waals surface area (Å²) in [5, 5.41) is 15.4. The van der Waals surface area contributed by atoms with Crippen LogP contribution in [0.1, 0.15) is 24.1 Å². The van der Waals surface area contributed by atoms with Crippen LogP contribution in [-0.4, -0.2) is 22.6 Å². The van der Waals surface area contributed by atoms with Crippen molar-refractivity contribution in [3.63, 3.8) is 0 Å². The Labute approximate surface area is 175 Å². The van der Waals surface area contributed by atoms with E-state index in [2.05, 4.69) is 10.4 Å². The molecule has 6 nitrogen and oxygen atoms in total. The lowest BCUT2D eigenvalue weighted by molar-refractivity contribution is 0.294. The number of anilines is 1. The van der Waals surface area contributed by atoms with Crippen molar-refractivity contribution in [3.8, 4) is 11.4 Å². The lowest BCUT2D eigenvalue weighted by Crippen LogP contribution is -2.22. The minimum atomic E-state index is -0.295. The number of nitrogens with zero attached hydrogens (tertiary/aromatic N) is 2. The van der Waals surface area contributed by atoms with Gasteiger partial charge in [-0.25, -0.2) is 4.68 Å². The Morgan fingerprint density at radius 2 is 2.03 bits per heavy atom. The molecule has 0 unspecified atom stereocenters. The van der Waals surface area contributed by atoms with Crippen LogP contribution in [0.25, 0.3) is 11.4 Å². The van der Waals surface area contributed by atoms with Gasteiger partial charge in [-0.15, -0.1) is 0 Å². The van der Waals surface area contributed by atoms with Gasteiger partial charge in [-0.05, 0) is 61.6 Å². The Balaban J connectivity index is 1.80. The van der Waals surface area contributed by atoms with E-state index in [-0.39, 0.29) is 16.9 Å². The molecule has 6 heteroatoms. The minimum Gasteiger partial charge on any atom is -0.488 e. The molecule has 0 saturated heterocycles. The second kappa shape index (κ2) is 8.78. The minimum absolute atomic E-state index is 0.206. The SMILES string of the molecule is Cc1cccc(-n2cc(OCC3CC3)c(=O)c(/C(=C/C=N)Nc3ccccc3)n2)c1. The van der Waals surface area contributed by atoms with Crippen molar-refractivity contribution >= 4 is 17.6 Å². The molecule has 0 amide bonds. The van der Waals surface area contributed by atoms with Gasteiger partial charge in [0.1, 0.15) is 0 Å². The summed E-state index contributed by atoms with van der Waals surface area (Å²) in [6.07, 6.45) is 6.59. The van der Waals surface area contributed by atoms with Gasteiger partial charge in [0.05, 0.1) is 24.2 Å². The number of benzene rings is 2. The zero-order valence-corrected chi connectivity index (χ0v) is 16.8. The predicted molar refractivity (Wildman–Crippen MR) is 120 cm³/mol. The second-order valence-electron chi connectivity index (χ2n) is 7.45. The first-order valence-electron chi connectivity index (χ1n) is 10.0.